The largest absolute Gasteiger partial charge is 0.392 e. The lowest BCUT2D eigenvalue weighted by Crippen LogP contribution is -2.40. The van der Waals surface area contributed by atoms with Gasteiger partial charge in [0.15, 0.2) is 0 Å². The Bertz CT molecular complexity index is 211. The predicted octanol–water partition coefficient (Wildman–Crippen LogP) is -1.65. The molecule has 0 bridgehead atoms. The van der Waals surface area contributed by atoms with Crippen molar-refractivity contribution in [2.24, 2.45) is 0 Å². The number of β-amino-alcohol motifs (C(OH)–C–C–N with tert-alkyl or cyclic N) is 1. The number of aliphatic hydroxyl groups excluding tert-OH is 1. The van der Waals surface area contributed by atoms with Crippen LogP contribution in [0.3, 0.4) is 0 Å². The van der Waals surface area contributed by atoms with Crippen molar-refractivity contribution in [2.75, 3.05) is 13.1 Å². The molecule has 0 aromatic carbocycles. The van der Waals surface area contributed by atoms with Gasteiger partial charge in [-0.15, -0.1) is 0 Å². The average molecular weight is 169 g/mol. The predicted molar refractivity (Wildman–Crippen MR) is 41.0 cm³/mol. The first-order valence-corrected chi connectivity index (χ1v) is 3.80. The minimum absolute atomic E-state index is 0.0209. The van der Waals surface area contributed by atoms with Crippen molar-refractivity contribution in [3.63, 3.8) is 0 Å². The van der Waals surface area contributed by atoms with Gasteiger partial charge in [-0.3, -0.25) is 4.79 Å². The molecule has 0 aromatic heterocycles. The van der Waals surface area contributed by atoms with Crippen LogP contribution in [-0.4, -0.2) is 36.2 Å². The van der Waals surface area contributed by atoms with Gasteiger partial charge in [0, 0.05) is 6.54 Å². The Morgan fingerprint density at radius 1 is 1.83 bits per heavy atom. The first-order valence-electron chi connectivity index (χ1n) is 3.80. The first-order chi connectivity index (χ1) is 5.74. The highest BCUT2D eigenvalue weighted by Gasteiger charge is 2.27. The van der Waals surface area contributed by atoms with E-state index in [-0.39, 0.29) is 18.5 Å². The van der Waals surface area contributed by atoms with E-state index in [0.29, 0.717) is 13.0 Å². The Hall–Kier alpha value is -1.12. The maximum atomic E-state index is 11.1. The summed E-state index contributed by atoms with van der Waals surface area (Å²) in [7, 11) is 0. The molecule has 0 radical (unpaired) electrons. The summed E-state index contributed by atoms with van der Waals surface area (Å²) in [6.07, 6.45) is -0.0140. The number of hydrogen-bond donors (Lipinski definition) is 3. The van der Waals surface area contributed by atoms with Crippen LogP contribution in [0, 0.1) is 11.3 Å². The van der Waals surface area contributed by atoms with Crippen molar-refractivity contribution in [3.8, 4) is 6.07 Å². The van der Waals surface area contributed by atoms with Crippen LogP contribution in [0.4, 0.5) is 0 Å². The zero-order valence-corrected chi connectivity index (χ0v) is 6.58. The summed E-state index contributed by atoms with van der Waals surface area (Å²) in [5.41, 5.74) is 0. The third-order valence-corrected chi connectivity index (χ3v) is 1.77. The highest BCUT2D eigenvalue weighted by Crippen LogP contribution is 2.05. The Balaban J connectivity index is 2.29. The summed E-state index contributed by atoms with van der Waals surface area (Å²) < 4.78 is 0. The van der Waals surface area contributed by atoms with Crippen molar-refractivity contribution >= 4 is 5.91 Å². The van der Waals surface area contributed by atoms with Gasteiger partial charge in [0.05, 0.1) is 18.2 Å². The van der Waals surface area contributed by atoms with Crippen molar-refractivity contribution in [1.82, 2.24) is 10.6 Å². The molecule has 2 unspecified atom stereocenters. The molecule has 0 aromatic rings. The summed E-state index contributed by atoms with van der Waals surface area (Å²) >= 11 is 0. The third-order valence-electron chi connectivity index (χ3n) is 1.77. The summed E-state index contributed by atoms with van der Waals surface area (Å²) in [5.74, 6) is -0.215. The number of nitrogens with one attached hydrogen (secondary N) is 2. The van der Waals surface area contributed by atoms with Crippen molar-refractivity contribution < 1.29 is 9.90 Å². The van der Waals surface area contributed by atoms with Gasteiger partial charge in [-0.25, -0.2) is 0 Å². The Kier molecular flexibility index (Phi) is 3.02. The van der Waals surface area contributed by atoms with Crippen LogP contribution >= 0.6 is 0 Å². The van der Waals surface area contributed by atoms with E-state index in [4.69, 9.17) is 10.4 Å². The van der Waals surface area contributed by atoms with E-state index in [9.17, 15) is 4.79 Å². The zero-order valence-electron chi connectivity index (χ0n) is 6.58. The van der Waals surface area contributed by atoms with E-state index in [1.807, 2.05) is 6.07 Å². The summed E-state index contributed by atoms with van der Waals surface area (Å²) in [6.45, 7) is 0.470. The van der Waals surface area contributed by atoms with Gasteiger partial charge in [0.2, 0.25) is 5.91 Å². The summed E-state index contributed by atoms with van der Waals surface area (Å²) in [4.78, 5) is 11.1. The number of nitriles is 1. The van der Waals surface area contributed by atoms with Crippen LogP contribution in [-0.2, 0) is 4.79 Å². The molecule has 0 spiro atoms. The van der Waals surface area contributed by atoms with E-state index in [0.717, 1.165) is 0 Å². The highest BCUT2D eigenvalue weighted by molar-refractivity contribution is 5.82. The van der Waals surface area contributed by atoms with E-state index < -0.39 is 6.10 Å². The summed E-state index contributed by atoms with van der Waals surface area (Å²) in [5, 5.41) is 22.5. The second-order valence-corrected chi connectivity index (χ2v) is 2.73. The quantitative estimate of drug-likeness (QED) is 0.432. The molecule has 1 saturated heterocycles. The molecule has 1 aliphatic rings. The SMILES string of the molecule is N#CCNC(=O)C1CC(O)CN1. The molecule has 1 fully saturated rings. The second-order valence-electron chi connectivity index (χ2n) is 2.73. The fraction of sp³-hybridized carbons (Fsp3) is 0.714. The topological polar surface area (TPSA) is 85.2 Å². The van der Waals surface area contributed by atoms with Gasteiger partial charge in [-0.05, 0) is 6.42 Å². The van der Waals surface area contributed by atoms with Crippen molar-refractivity contribution in [1.29, 1.82) is 5.26 Å². The minimum Gasteiger partial charge on any atom is -0.392 e. The number of carbonyl (C=O) groups is 1. The lowest BCUT2D eigenvalue weighted by atomic mass is 10.2. The molecule has 12 heavy (non-hydrogen) atoms. The Morgan fingerprint density at radius 3 is 3.08 bits per heavy atom. The van der Waals surface area contributed by atoms with Gasteiger partial charge >= 0.3 is 0 Å². The molecule has 3 N–H and O–H groups in total. The third kappa shape index (κ3) is 2.19. The molecule has 0 saturated carbocycles. The van der Waals surface area contributed by atoms with Gasteiger partial charge < -0.3 is 15.7 Å². The monoisotopic (exact) mass is 169 g/mol. The molecule has 5 nitrogen and oxygen atoms in total. The van der Waals surface area contributed by atoms with Crippen LogP contribution in [0.2, 0.25) is 0 Å². The number of nitrogens with zero attached hydrogens (tertiary/aromatic N) is 1. The summed E-state index contributed by atoms with van der Waals surface area (Å²) in [6, 6.07) is 1.47. The molecule has 66 valence electrons. The Labute approximate surface area is 70.4 Å². The van der Waals surface area contributed by atoms with Crippen LogP contribution in [0.25, 0.3) is 0 Å². The molecule has 5 heteroatoms. The fourth-order valence-corrected chi connectivity index (χ4v) is 1.17. The molecular formula is C7H11N3O2. The lowest BCUT2D eigenvalue weighted by Gasteiger charge is -2.07. The highest BCUT2D eigenvalue weighted by atomic mass is 16.3. The van der Waals surface area contributed by atoms with Gasteiger partial charge in [0.1, 0.15) is 6.54 Å². The molecule has 0 aliphatic carbocycles. The van der Waals surface area contributed by atoms with Crippen LogP contribution < -0.4 is 10.6 Å². The molecule has 1 heterocycles. The molecule has 1 aliphatic heterocycles. The van der Waals surface area contributed by atoms with Gasteiger partial charge in [-0.2, -0.15) is 5.26 Å². The number of carbonyl (C=O) groups excluding carboxylic acids is 1. The molecule has 2 atom stereocenters. The van der Waals surface area contributed by atoms with E-state index in [1.165, 1.54) is 0 Å². The normalized spacial score (nSPS) is 28.0. The standard InChI is InChI=1S/C7H11N3O2/c8-1-2-9-7(12)6-3-5(11)4-10-6/h5-6,10-11H,2-4H2,(H,9,12). The van der Waals surface area contributed by atoms with E-state index >= 15 is 0 Å². The average Bonchev–Trinajstić information content (AvgIpc) is 2.47. The second kappa shape index (κ2) is 4.04. The molecule has 1 amide bonds. The van der Waals surface area contributed by atoms with Crippen molar-refractivity contribution in [2.45, 2.75) is 18.6 Å². The first kappa shape index (κ1) is 8.97. The van der Waals surface area contributed by atoms with Crippen LogP contribution in [0.1, 0.15) is 6.42 Å². The maximum Gasteiger partial charge on any atom is 0.238 e. The van der Waals surface area contributed by atoms with Crippen LogP contribution in [0.15, 0.2) is 0 Å². The van der Waals surface area contributed by atoms with Gasteiger partial charge in [0.25, 0.3) is 0 Å². The smallest absolute Gasteiger partial charge is 0.238 e. The molecular weight excluding hydrogens is 158 g/mol. The van der Waals surface area contributed by atoms with E-state index in [2.05, 4.69) is 10.6 Å². The number of hydrogen-bond acceptors (Lipinski definition) is 4. The van der Waals surface area contributed by atoms with E-state index in [1.54, 1.807) is 0 Å². The number of rotatable bonds is 2. The molecule has 1 rings (SSSR count). The maximum absolute atomic E-state index is 11.1. The number of amides is 1. The van der Waals surface area contributed by atoms with Gasteiger partial charge in [-0.1, -0.05) is 0 Å². The fourth-order valence-electron chi connectivity index (χ4n) is 1.17. The zero-order chi connectivity index (χ0) is 8.97. The lowest BCUT2D eigenvalue weighted by molar-refractivity contribution is -0.122. The minimum atomic E-state index is -0.442. The van der Waals surface area contributed by atoms with Crippen molar-refractivity contribution in [3.05, 3.63) is 0 Å². The number of aliphatic hydroxyl groups is 1. The Morgan fingerprint density at radius 2 is 2.58 bits per heavy atom. The van der Waals surface area contributed by atoms with Crippen LogP contribution in [0.5, 0.6) is 0 Å².